The molecular weight excluding hydrogens is 220 g/mol. The Morgan fingerprint density at radius 2 is 1.83 bits per heavy atom. The van der Waals surface area contributed by atoms with Gasteiger partial charge in [-0.25, -0.2) is 0 Å². The molecule has 2 bridgehead atoms. The van der Waals surface area contributed by atoms with E-state index in [1.165, 1.54) is 42.3 Å². The number of hydrogen-bond donors (Lipinski definition) is 1. The molecule has 2 aromatic rings. The third kappa shape index (κ3) is 1.52. The van der Waals surface area contributed by atoms with E-state index < -0.39 is 0 Å². The van der Waals surface area contributed by atoms with Gasteiger partial charge < -0.3 is 9.88 Å². The zero-order valence-electron chi connectivity index (χ0n) is 10.9. The van der Waals surface area contributed by atoms with Crippen molar-refractivity contribution in [3.63, 3.8) is 0 Å². The number of para-hydroxylation sites is 1. The lowest BCUT2D eigenvalue weighted by Crippen LogP contribution is -2.39. The zero-order chi connectivity index (χ0) is 12.1. The molecule has 1 N–H and O–H groups in total. The molecule has 3 atom stereocenters. The van der Waals surface area contributed by atoms with E-state index >= 15 is 0 Å². The van der Waals surface area contributed by atoms with E-state index in [1.807, 2.05) is 0 Å². The van der Waals surface area contributed by atoms with Crippen LogP contribution >= 0.6 is 0 Å². The van der Waals surface area contributed by atoms with Crippen molar-refractivity contribution < 1.29 is 0 Å². The van der Waals surface area contributed by atoms with E-state index in [2.05, 4.69) is 47.1 Å². The van der Waals surface area contributed by atoms with Crippen LogP contribution in [0.25, 0.3) is 10.9 Å². The molecule has 2 fully saturated rings. The number of aryl methyl sites for hydroxylation is 1. The van der Waals surface area contributed by atoms with E-state index in [9.17, 15) is 0 Å². The van der Waals surface area contributed by atoms with Crippen LogP contribution in [0.15, 0.2) is 30.3 Å². The normalized spacial score (nSPS) is 31.1. The predicted molar refractivity (Wildman–Crippen MR) is 74.9 cm³/mol. The van der Waals surface area contributed by atoms with Crippen LogP contribution in [0.4, 0.5) is 0 Å². The number of piperidine rings is 1. The lowest BCUT2D eigenvalue weighted by Gasteiger charge is -2.31. The SMILES string of the molecule is Cc1cc2ccccc2n1[C@H]1C[C@H]2CC[C@@H](C1)N2. The molecule has 2 heteroatoms. The molecule has 0 amide bonds. The number of hydrogen-bond acceptors (Lipinski definition) is 1. The Kier molecular flexibility index (Phi) is 2.28. The minimum absolute atomic E-state index is 0.698. The second-order valence-electron chi connectivity index (χ2n) is 5.98. The van der Waals surface area contributed by atoms with Gasteiger partial charge in [0.25, 0.3) is 0 Å². The summed E-state index contributed by atoms with van der Waals surface area (Å²) in [6.07, 6.45) is 5.35. The van der Waals surface area contributed by atoms with Gasteiger partial charge in [-0.05, 0) is 50.1 Å². The van der Waals surface area contributed by atoms with Crippen molar-refractivity contribution in [3.8, 4) is 0 Å². The first-order valence-corrected chi connectivity index (χ1v) is 7.14. The van der Waals surface area contributed by atoms with E-state index in [4.69, 9.17) is 0 Å². The standard InChI is InChI=1S/C16H20N2/c1-11-8-12-4-2-3-5-16(12)18(11)15-9-13-6-7-14(10-15)17-13/h2-5,8,13-15,17H,6-7,9-10H2,1H3/t13-,14+,15+. The van der Waals surface area contributed by atoms with E-state index in [1.54, 1.807) is 0 Å². The molecule has 94 valence electrons. The summed E-state index contributed by atoms with van der Waals surface area (Å²) in [6.45, 7) is 2.25. The molecule has 3 heterocycles. The van der Waals surface area contributed by atoms with Gasteiger partial charge in [0.15, 0.2) is 0 Å². The van der Waals surface area contributed by atoms with Gasteiger partial charge in [-0.3, -0.25) is 0 Å². The monoisotopic (exact) mass is 240 g/mol. The maximum Gasteiger partial charge on any atom is 0.0485 e. The Morgan fingerprint density at radius 3 is 2.61 bits per heavy atom. The molecule has 1 aromatic carbocycles. The van der Waals surface area contributed by atoms with Gasteiger partial charge in [0.1, 0.15) is 0 Å². The van der Waals surface area contributed by atoms with Crippen LogP contribution in [-0.2, 0) is 0 Å². The summed E-state index contributed by atoms with van der Waals surface area (Å²) >= 11 is 0. The average Bonchev–Trinajstić information content (AvgIpc) is 2.88. The molecular formula is C16H20N2. The van der Waals surface area contributed by atoms with E-state index in [-0.39, 0.29) is 0 Å². The Bertz CT molecular complexity index is 572. The molecule has 2 aliphatic heterocycles. The largest absolute Gasteiger partial charge is 0.342 e. The molecule has 2 nitrogen and oxygen atoms in total. The minimum atomic E-state index is 0.698. The summed E-state index contributed by atoms with van der Waals surface area (Å²) in [4.78, 5) is 0. The van der Waals surface area contributed by atoms with Gasteiger partial charge in [-0.1, -0.05) is 18.2 Å². The van der Waals surface area contributed by atoms with Crippen molar-refractivity contribution in [2.75, 3.05) is 0 Å². The second-order valence-corrected chi connectivity index (χ2v) is 5.98. The molecule has 0 saturated carbocycles. The van der Waals surface area contributed by atoms with Crippen molar-refractivity contribution >= 4 is 10.9 Å². The van der Waals surface area contributed by atoms with Crippen molar-refractivity contribution in [3.05, 3.63) is 36.0 Å². The van der Waals surface area contributed by atoms with Gasteiger partial charge in [0.05, 0.1) is 0 Å². The van der Waals surface area contributed by atoms with Gasteiger partial charge in [0.2, 0.25) is 0 Å². The zero-order valence-corrected chi connectivity index (χ0v) is 10.9. The Hall–Kier alpha value is -1.28. The van der Waals surface area contributed by atoms with Crippen LogP contribution in [0.2, 0.25) is 0 Å². The molecule has 0 unspecified atom stereocenters. The molecule has 2 aliphatic rings. The van der Waals surface area contributed by atoms with Crippen LogP contribution < -0.4 is 5.32 Å². The average molecular weight is 240 g/mol. The summed E-state index contributed by atoms with van der Waals surface area (Å²) in [5.41, 5.74) is 2.84. The fourth-order valence-electron chi connectivity index (χ4n) is 4.04. The first kappa shape index (κ1) is 10.6. The third-order valence-corrected chi connectivity index (χ3v) is 4.75. The number of aromatic nitrogens is 1. The first-order chi connectivity index (χ1) is 8.81. The Morgan fingerprint density at radius 1 is 1.11 bits per heavy atom. The van der Waals surface area contributed by atoms with Gasteiger partial charge in [-0.2, -0.15) is 0 Å². The molecule has 4 rings (SSSR count). The predicted octanol–water partition coefficient (Wildman–Crippen LogP) is 3.41. The van der Waals surface area contributed by atoms with Crippen LogP contribution in [-0.4, -0.2) is 16.7 Å². The fourth-order valence-corrected chi connectivity index (χ4v) is 4.04. The maximum atomic E-state index is 3.74. The van der Waals surface area contributed by atoms with Crippen LogP contribution in [0.3, 0.4) is 0 Å². The van der Waals surface area contributed by atoms with E-state index in [0.29, 0.717) is 6.04 Å². The van der Waals surface area contributed by atoms with Crippen molar-refractivity contribution in [1.82, 2.24) is 9.88 Å². The van der Waals surface area contributed by atoms with Gasteiger partial charge in [-0.15, -0.1) is 0 Å². The third-order valence-electron chi connectivity index (χ3n) is 4.75. The molecule has 18 heavy (non-hydrogen) atoms. The highest BCUT2D eigenvalue weighted by Gasteiger charge is 2.34. The van der Waals surface area contributed by atoms with E-state index in [0.717, 1.165) is 12.1 Å². The number of fused-ring (bicyclic) bond motifs is 3. The molecule has 1 aromatic heterocycles. The summed E-state index contributed by atoms with van der Waals surface area (Å²) < 4.78 is 2.58. The smallest absolute Gasteiger partial charge is 0.0485 e. The van der Waals surface area contributed by atoms with Gasteiger partial charge in [0, 0.05) is 29.3 Å². The fraction of sp³-hybridized carbons (Fsp3) is 0.500. The topological polar surface area (TPSA) is 17.0 Å². The molecule has 0 aliphatic carbocycles. The minimum Gasteiger partial charge on any atom is -0.342 e. The Balaban J connectivity index is 1.80. The lowest BCUT2D eigenvalue weighted by atomic mass is 9.99. The number of benzene rings is 1. The lowest BCUT2D eigenvalue weighted by molar-refractivity contribution is 0.301. The van der Waals surface area contributed by atoms with Crippen LogP contribution in [0.1, 0.15) is 37.4 Å². The summed E-state index contributed by atoms with van der Waals surface area (Å²) in [5, 5.41) is 5.13. The summed E-state index contributed by atoms with van der Waals surface area (Å²) in [5.74, 6) is 0. The molecule has 0 radical (unpaired) electrons. The number of nitrogens with zero attached hydrogens (tertiary/aromatic N) is 1. The summed E-state index contributed by atoms with van der Waals surface area (Å²) in [6, 6.07) is 13.3. The second kappa shape index (κ2) is 3.86. The number of nitrogens with one attached hydrogen (secondary N) is 1. The maximum absolute atomic E-state index is 3.74. The highest BCUT2D eigenvalue weighted by atomic mass is 15.1. The van der Waals surface area contributed by atoms with Crippen LogP contribution in [0.5, 0.6) is 0 Å². The first-order valence-electron chi connectivity index (χ1n) is 7.14. The van der Waals surface area contributed by atoms with Crippen LogP contribution in [0, 0.1) is 6.92 Å². The quantitative estimate of drug-likeness (QED) is 0.808. The Labute approximate surface area is 108 Å². The van der Waals surface area contributed by atoms with Crippen molar-refractivity contribution in [1.29, 1.82) is 0 Å². The highest BCUT2D eigenvalue weighted by molar-refractivity contribution is 5.81. The number of rotatable bonds is 1. The van der Waals surface area contributed by atoms with Crippen molar-refractivity contribution in [2.45, 2.75) is 50.7 Å². The summed E-state index contributed by atoms with van der Waals surface area (Å²) in [7, 11) is 0. The van der Waals surface area contributed by atoms with Crippen molar-refractivity contribution in [2.24, 2.45) is 0 Å². The van der Waals surface area contributed by atoms with Gasteiger partial charge >= 0.3 is 0 Å². The molecule has 2 saturated heterocycles. The molecule has 0 spiro atoms. The highest BCUT2D eigenvalue weighted by Crippen LogP contribution is 2.37.